The van der Waals surface area contributed by atoms with Gasteiger partial charge in [0.05, 0.1) is 32.2 Å². The van der Waals surface area contributed by atoms with Gasteiger partial charge in [0, 0.05) is 34.3 Å². The number of ether oxygens (including phenoxy) is 1. The first-order valence-corrected chi connectivity index (χ1v) is 13.8. The van der Waals surface area contributed by atoms with Crippen molar-refractivity contribution in [3.05, 3.63) is 149 Å². The first kappa shape index (κ1) is 32.2. The maximum absolute atomic E-state index is 13.2. The maximum atomic E-state index is 13.2. The summed E-state index contributed by atoms with van der Waals surface area (Å²) in [5.41, 5.74) is 2.46. The molecule has 0 bridgehead atoms. The van der Waals surface area contributed by atoms with Crippen molar-refractivity contribution in [2.24, 2.45) is 5.10 Å². The van der Waals surface area contributed by atoms with Gasteiger partial charge in [-0.3, -0.25) is 29.8 Å². The van der Waals surface area contributed by atoms with Crippen LogP contribution in [0.2, 0.25) is 5.02 Å². The van der Waals surface area contributed by atoms with Gasteiger partial charge in [0.15, 0.2) is 0 Å². The molecule has 0 spiro atoms. The zero-order chi connectivity index (χ0) is 32.5. The van der Waals surface area contributed by atoms with E-state index in [1.807, 2.05) is 0 Å². The van der Waals surface area contributed by atoms with Crippen LogP contribution in [0, 0.1) is 20.2 Å². The molecule has 4 aromatic rings. The van der Waals surface area contributed by atoms with E-state index in [0.717, 1.165) is 0 Å². The molecule has 0 fully saturated rings. The fraction of sp³-hybridized carbons (Fsp3) is 0. The number of nitro groups is 2. The summed E-state index contributed by atoms with van der Waals surface area (Å²) < 4.78 is 6.04. The Kier molecular flexibility index (Phi) is 10.5. The van der Waals surface area contributed by atoms with Gasteiger partial charge in [-0.25, -0.2) is 10.2 Å². The maximum Gasteiger partial charge on any atom is 0.343 e. The third-order valence-electron chi connectivity index (χ3n) is 5.88. The zero-order valence-corrected chi connectivity index (χ0v) is 25.0. The van der Waals surface area contributed by atoms with Crippen molar-refractivity contribution < 1.29 is 29.0 Å². The molecule has 0 saturated carbocycles. The number of non-ortho nitro benzene ring substituents is 2. The lowest BCUT2D eigenvalue weighted by Gasteiger charge is -2.10. The quantitative estimate of drug-likeness (QED) is 0.0502. The first-order chi connectivity index (χ1) is 21.5. The molecular weight excluding hydrogens is 674 g/mol. The summed E-state index contributed by atoms with van der Waals surface area (Å²) in [7, 11) is 0. The number of halogens is 2. The summed E-state index contributed by atoms with van der Waals surface area (Å²) in [6.07, 6.45) is 2.49. The van der Waals surface area contributed by atoms with Crippen molar-refractivity contribution in [3.63, 3.8) is 0 Å². The second kappa shape index (κ2) is 14.6. The Balaban J connectivity index is 1.55. The first-order valence-electron chi connectivity index (χ1n) is 12.6. The number of amides is 2. The van der Waals surface area contributed by atoms with Gasteiger partial charge in [0.25, 0.3) is 23.2 Å². The molecule has 0 radical (unpaired) electrons. The van der Waals surface area contributed by atoms with E-state index in [-0.39, 0.29) is 44.5 Å². The van der Waals surface area contributed by atoms with Crippen LogP contribution in [0.3, 0.4) is 0 Å². The Morgan fingerprint density at radius 3 is 2.11 bits per heavy atom. The molecule has 0 aromatic heterocycles. The Morgan fingerprint density at radius 2 is 1.49 bits per heavy atom. The Hall–Kier alpha value is -5.73. The number of esters is 1. The molecule has 13 nitrogen and oxygen atoms in total. The van der Waals surface area contributed by atoms with Crippen molar-refractivity contribution in [1.82, 2.24) is 10.7 Å². The number of nitrogens with one attached hydrogen (secondary N) is 2. The SMILES string of the molecule is O=C(NN=Cc1cc(Br)ccc1OC(=O)c1ccc([N+](=O)[O-])cc1)C(=Cc1ccc([N+](=O)[O-])cc1)NC(=O)c1ccccc1Cl. The fourth-order valence-electron chi connectivity index (χ4n) is 3.66. The molecule has 2 amide bonds. The van der Waals surface area contributed by atoms with Crippen molar-refractivity contribution >= 4 is 69.0 Å². The minimum atomic E-state index is -0.857. The summed E-state index contributed by atoms with van der Waals surface area (Å²) in [4.78, 5) is 59.5. The van der Waals surface area contributed by atoms with Crippen molar-refractivity contribution in [2.75, 3.05) is 0 Å². The van der Waals surface area contributed by atoms with Gasteiger partial charge in [-0.05, 0) is 66.2 Å². The summed E-state index contributed by atoms with van der Waals surface area (Å²) in [6.45, 7) is 0. The third-order valence-corrected chi connectivity index (χ3v) is 6.71. The molecule has 0 unspecified atom stereocenters. The zero-order valence-electron chi connectivity index (χ0n) is 22.7. The average Bonchev–Trinajstić information content (AvgIpc) is 3.02. The van der Waals surface area contributed by atoms with Crippen molar-refractivity contribution in [2.45, 2.75) is 0 Å². The number of hydrogen-bond acceptors (Lipinski definition) is 9. The number of hydrazone groups is 1. The van der Waals surface area contributed by atoms with Crippen LogP contribution in [0.5, 0.6) is 5.75 Å². The summed E-state index contributed by atoms with van der Waals surface area (Å²) in [5.74, 6) is -2.28. The number of rotatable bonds is 10. The van der Waals surface area contributed by atoms with Gasteiger partial charge in [-0.2, -0.15) is 5.10 Å². The highest BCUT2D eigenvalue weighted by Gasteiger charge is 2.18. The minimum absolute atomic E-state index is 0.0632. The summed E-state index contributed by atoms with van der Waals surface area (Å²) >= 11 is 9.44. The van der Waals surface area contributed by atoms with Crippen LogP contribution in [-0.4, -0.2) is 33.8 Å². The number of hydrogen-bond donors (Lipinski definition) is 2. The number of nitrogens with zero attached hydrogens (tertiary/aromatic N) is 3. The highest BCUT2D eigenvalue weighted by Crippen LogP contribution is 2.24. The molecule has 0 aliphatic heterocycles. The highest BCUT2D eigenvalue weighted by atomic mass is 79.9. The van der Waals surface area contributed by atoms with E-state index in [2.05, 4.69) is 31.8 Å². The van der Waals surface area contributed by atoms with E-state index < -0.39 is 27.6 Å². The predicted octanol–water partition coefficient (Wildman–Crippen LogP) is 6.06. The molecule has 226 valence electrons. The number of nitro benzene ring substituents is 2. The smallest absolute Gasteiger partial charge is 0.343 e. The molecule has 0 aliphatic carbocycles. The van der Waals surface area contributed by atoms with Gasteiger partial charge < -0.3 is 10.1 Å². The topological polar surface area (TPSA) is 183 Å². The van der Waals surface area contributed by atoms with Crippen LogP contribution in [0.4, 0.5) is 11.4 Å². The Labute approximate surface area is 267 Å². The average molecular weight is 693 g/mol. The molecule has 0 atom stereocenters. The predicted molar refractivity (Wildman–Crippen MR) is 168 cm³/mol. The molecule has 4 aromatic carbocycles. The molecule has 0 heterocycles. The lowest BCUT2D eigenvalue weighted by Crippen LogP contribution is -2.33. The molecule has 0 saturated heterocycles. The standard InChI is InChI=1S/C30H19BrClN5O8/c31-21-9-14-27(45-30(40)19-7-12-23(13-8-19)37(43)44)20(16-21)17-33-35-29(39)26(15-18-5-10-22(11-6-18)36(41)42)34-28(38)24-3-1-2-4-25(24)32/h1-17H,(H,34,38)(H,35,39). The Morgan fingerprint density at radius 1 is 0.867 bits per heavy atom. The van der Waals surface area contributed by atoms with Crippen LogP contribution >= 0.6 is 27.5 Å². The molecular formula is C30H19BrClN5O8. The van der Waals surface area contributed by atoms with E-state index in [0.29, 0.717) is 10.0 Å². The second-order valence-corrected chi connectivity index (χ2v) is 10.2. The summed E-state index contributed by atoms with van der Waals surface area (Å²) in [6, 6.07) is 20.9. The van der Waals surface area contributed by atoms with E-state index in [4.69, 9.17) is 16.3 Å². The molecule has 2 N–H and O–H groups in total. The number of benzene rings is 4. The fourth-order valence-corrected chi connectivity index (χ4v) is 4.26. The molecule has 15 heteroatoms. The van der Waals surface area contributed by atoms with Gasteiger partial charge in [0.1, 0.15) is 11.4 Å². The number of carbonyl (C=O) groups is 3. The monoisotopic (exact) mass is 691 g/mol. The lowest BCUT2D eigenvalue weighted by atomic mass is 10.1. The highest BCUT2D eigenvalue weighted by molar-refractivity contribution is 9.10. The van der Waals surface area contributed by atoms with Gasteiger partial charge >= 0.3 is 5.97 Å². The van der Waals surface area contributed by atoms with Gasteiger partial charge in [0.2, 0.25) is 0 Å². The largest absolute Gasteiger partial charge is 0.422 e. The van der Waals surface area contributed by atoms with Crippen LogP contribution < -0.4 is 15.5 Å². The van der Waals surface area contributed by atoms with Gasteiger partial charge in [-0.1, -0.05) is 39.7 Å². The summed E-state index contributed by atoms with van der Waals surface area (Å²) in [5, 5.41) is 28.5. The lowest BCUT2D eigenvalue weighted by molar-refractivity contribution is -0.385. The normalized spacial score (nSPS) is 11.1. The minimum Gasteiger partial charge on any atom is -0.422 e. The second-order valence-electron chi connectivity index (χ2n) is 8.92. The van der Waals surface area contributed by atoms with Crippen LogP contribution in [0.15, 0.2) is 106 Å². The van der Waals surface area contributed by atoms with Gasteiger partial charge in [-0.15, -0.1) is 0 Å². The van der Waals surface area contributed by atoms with Crippen molar-refractivity contribution in [1.29, 1.82) is 0 Å². The van der Waals surface area contributed by atoms with Crippen LogP contribution in [0.25, 0.3) is 6.08 Å². The molecule has 4 rings (SSSR count). The van der Waals surface area contributed by atoms with Crippen LogP contribution in [0.1, 0.15) is 31.8 Å². The molecule has 45 heavy (non-hydrogen) atoms. The Bertz CT molecular complexity index is 1860. The van der Waals surface area contributed by atoms with Crippen LogP contribution in [-0.2, 0) is 4.79 Å². The van der Waals surface area contributed by atoms with E-state index in [1.54, 1.807) is 24.3 Å². The van der Waals surface area contributed by atoms with E-state index in [9.17, 15) is 34.6 Å². The third kappa shape index (κ3) is 8.65. The molecule has 0 aliphatic rings. The number of carbonyl (C=O) groups excluding carboxylic acids is 3. The van der Waals surface area contributed by atoms with E-state index in [1.165, 1.54) is 79.0 Å². The van der Waals surface area contributed by atoms with E-state index >= 15 is 0 Å². The van der Waals surface area contributed by atoms with Crippen molar-refractivity contribution in [3.8, 4) is 5.75 Å².